The molecule has 0 aliphatic heterocycles. The molecule has 0 aliphatic carbocycles. The van der Waals surface area contributed by atoms with Gasteiger partial charge in [0.05, 0.1) is 5.52 Å². The molecule has 0 spiro atoms. The number of unbranched alkanes of at least 4 members (excludes halogenated alkanes) is 1. The van der Waals surface area contributed by atoms with Gasteiger partial charge in [-0.05, 0) is 24.0 Å². The highest BCUT2D eigenvalue weighted by Gasteiger charge is 1.89. The Morgan fingerprint density at radius 1 is 0.676 bits per heavy atom. The van der Waals surface area contributed by atoms with E-state index < -0.39 is 0 Å². The summed E-state index contributed by atoms with van der Waals surface area (Å²) in [4.78, 5) is 7.97. The third-order valence-corrected chi connectivity index (χ3v) is 3.93. The Kier molecular flexibility index (Phi) is 40.6. The number of nitrogens with zero attached hydrogens (tertiary/aromatic N) is 2. The molecule has 0 bridgehead atoms. The maximum Gasteiger partial charge on any atom is 0.116 e. The predicted octanol–water partition coefficient (Wildman–Crippen LogP) is 11.2. The van der Waals surface area contributed by atoms with Gasteiger partial charge in [0.1, 0.15) is 6.33 Å². The molecule has 0 N–H and O–H groups in total. The number of aromatic nitrogens is 2. The number of aryl methyl sites for hydroxylation is 1. The molecule has 0 fully saturated rings. The van der Waals surface area contributed by atoms with Crippen molar-refractivity contribution in [2.24, 2.45) is 5.92 Å². The Bertz CT molecular complexity index is 628. The molecule has 0 amide bonds. The summed E-state index contributed by atoms with van der Waals surface area (Å²) >= 11 is 0. The number of rotatable bonds is 5. The molecule has 196 valence electrons. The van der Waals surface area contributed by atoms with Crippen molar-refractivity contribution in [3.05, 3.63) is 72.7 Å². The molecule has 0 radical (unpaired) electrons. The van der Waals surface area contributed by atoms with Crippen LogP contribution in [-0.2, 0) is 6.42 Å². The van der Waals surface area contributed by atoms with E-state index in [1.165, 1.54) is 37.7 Å². The lowest BCUT2D eigenvalue weighted by Crippen LogP contribution is -1.83. The minimum atomic E-state index is 0.903. The van der Waals surface area contributed by atoms with E-state index >= 15 is 0 Å². The van der Waals surface area contributed by atoms with Crippen molar-refractivity contribution in [3.63, 3.8) is 0 Å². The van der Waals surface area contributed by atoms with Crippen molar-refractivity contribution in [3.8, 4) is 0 Å². The van der Waals surface area contributed by atoms with E-state index in [2.05, 4.69) is 68.0 Å². The summed E-state index contributed by atoms with van der Waals surface area (Å²) < 4.78 is 0. The highest BCUT2D eigenvalue weighted by molar-refractivity contribution is 5.76. The summed E-state index contributed by atoms with van der Waals surface area (Å²) in [5.74, 6) is 0.903. The lowest BCUT2D eigenvalue weighted by atomic mass is 10.1. The van der Waals surface area contributed by atoms with Crippen molar-refractivity contribution in [1.82, 2.24) is 9.97 Å². The molecule has 3 aromatic rings. The van der Waals surface area contributed by atoms with Crippen LogP contribution < -0.4 is 0 Å². The lowest BCUT2D eigenvalue weighted by molar-refractivity contribution is 0.550. The van der Waals surface area contributed by atoms with Crippen LogP contribution in [0.3, 0.4) is 0 Å². The van der Waals surface area contributed by atoms with E-state index in [1.54, 1.807) is 6.33 Å². The number of hydrogen-bond donors (Lipinski definition) is 0. The maximum atomic E-state index is 4.07. The van der Waals surface area contributed by atoms with Crippen molar-refractivity contribution in [2.75, 3.05) is 0 Å². The molecular weight excluding hydrogens is 412 g/mol. The molecule has 2 heteroatoms. The van der Waals surface area contributed by atoms with Gasteiger partial charge in [-0.25, -0.2) is 9.97 Å². The smallest absolute Gasteiger partial charge is 0.116 e. The Labute approximate surface area is 214 Å². The SMILES string of the molecule is CC.CC.CC.CC.CCCCC(C)C.CCCc1ccccc1.c1ccc2ncncc2c1. The van der Waals surface area contributed by atoms with Crippen molar-refractivity contribution in [1.29, 1.82) is 0 Å². The van der Waals surface area contributed by atoms with Gasteiger partial charge < -0.3 is 0 Å². The molecule has 2 aromatic carbocycles. The molecule has 0 saturated carbocycles. The summed E-state index contributed by atoms with van der Waals surface area (Å²) in [6, 6.07) is 18.5. The summed E-state index contributed by atoms with van der Waals surface area (Å²) in [7, 11) is 0. The molecule has 2 nitrogen and oxygen atoms in total. The number of para-hydroxylation sites is 1. The third kappa shape index (κ3) is 26.0. The summed E-state index contributed by atoms with van der Waals surface area (Å²) in [6.45, 7) is 25.0. The van der Waals surface area contributed by atoms with E-state index in [1.807, 2.05) is 85.9 Å². The Hall–Kier alpha value is -2.22. The van der Waals surface area contributed by atoms with Gasteiger partial charge in [0.15, 0.2) is 0 Å². The highest BCUT2D eigenvalue weighted by atomic mass is 14.8. The number of fused-ring (bicyclic) bond motifs is 1. The first-order valence-corrected chi connectivity index (χ1v) is 13.9. The van der Waals surface area contributed by atoms with E-state index in [4.69, 9.17) is 0 Å². The molecule has 0 atom stereocenters. The van der Waals surface area contributed by atoms with Crippen molar-refractivity contribution in [2.45, 2.75) is 115 Å². The molecular formula is C32H58N2. The Morgan fingerprint density at radius 3 is 1.65 bits per heavy atom. The van der Waals surface area contributed by atoms with Crippen LogP contribution in [0.1, 0.15) is 114 Å². The minimum Gasteiger partial charge on any atom is -0.244 e. The molecule has 0 aliphatic rings. The largest absolute Gasteiger partial charge is 0.244 e. The number of hydrogen-bond acceptors (Lipinski definition) is 2. The summed E-state index contributed by atoms with van der Waals surface area (Å²) in [6.07, 6.45) is 9.96. The van der Waals surface area contributed by atoms with Gasteiger partial charge in [-0.1, -0.05) is 157 Å². The second kappa shape index (κ2) is 35.4. The lowest BCUT2D eigenvalue weighted by Gasteiger charge is -1.98. The first-order valence-electron chi connectivity index (χ1n) is 13.9. The van der Waals surface area contributed by atoms with Crippen LogP contribution >= 0.6 is 0 Å². The predicted molar refractivity (Wildman–Crippen MR) is 160 cm³/mol. The Morgan fingerprint density at radius 2 is 1.21 bits per heavy atom. The second-order valence-electron chi connectivity index (χ2n) is 6.85. The third-order valence-electron chi connectivity index (χ3n) is 3.93. The summed E-state index contributed by atoms with van der Waals surface area (Å²) in [5, 5.41) is 1.09. The van der Waals surface area contributed by atoms with Gasteiger partial charge in [-0.15, -0.1) is 0 Å². The van der Waals surface area contributed by atoms with Crippen LogP contribution in [0.2, 0.25) is 0 Å². The first kappa shape index (κ1) is 39.0. The molecule has 3 rings (SSSR count). The zero-order valence-corrected chi connectivity index (χ0v) is 24.9. The molecule has 1 heterocycles. The van der Waals surface area contributed by atoms with Gasteiger partial charge in [-0.3, -0.25) is 0 Å². The summed E-state index contributed by atoms with van der Waals surface area (Å²) in [5.41, 5.74) is 2.44. The van der Waals surface area contributed by atoms with Crippen LogP contribution in [0.25, 0.3) is 10.9 Å². The average molecular weight is 471 g/mol. The fourth-order valence-electron chi connectivity index (χ4n) is 2.47. The molecule has 0 unspecified atom stereocenters. The minimum absolute atomic E-state index is 0.903. The fraction of sp³-hybridized carbons (Fsp3) is 0.562. The van der Waals surface area contributed by atoms with Crippen molar-refractivity contribution < 1.29 is 0 Å². The van der Waals surface area contributed by atoms with E-state index in [9.17, 15) is 0 Å². The monoisotopic (exact) mass is 470 g/mol. The zero-order valence-electron chi connectivity index (χ0n) is 24.9. The van der Waals surface area contributed by atoms with Crippen LogP contribution in [0.15, 0.2) is 67.1 Å². The van der Waals surface area contributed by atoms with E-state index in [0.29, 0.717) is 0 Å². The van der Waals surface area contributed by atoms with Gasteiger partial charge in [0, 0.05) is 11.6 Å². The standard InChI is InChI=1S/C9H12.C8H6N2.C7H16.4C2H6/c1-2-6-9-7-4-3-5-8-9;1-2-4-8-7(3-1)5-9-6-10-8;1-4-5-6-7(2)3;4*1-2/h3-5,7-8H,2,6H2,1H3;1-6H;7H,4-6H2,1-3H3;4*1-2H3. The van der Waals surface area contributed by atoms with Gasteiger partial charge >= 0.3 is 0 Å². The van der Waals surface area contributed by atoms with Gasteiger partial charge in [0.2, 0.25) is 0 Å². The number of benzene rings is 2. The topological polar surface area (TPSA) is 25.8 Å². The fourth-order valence-corrected chi connectivity index (χ4v) is 2.47. The van der Waals surface area contributed by atoms with Crippen LogP contribution in [0, 0.1) is 5.92 Å². The second-order valence-corrected chi connectivity index (χ2v) is 6.85. The molecule has 34 heavy (non-hydrogen) atoms. The zero-order chi connectivity index (χ0) is 27.0. The molecule has 1 aromatic heterocycles. The van der Waals surface area contributed by atoms with E-state index in [0.717, 1.165) is 16.8 Å². The highest BCUT2D eigenvalue weighted by Crippen LogP contribution is 2.06. The average Bonchev–Trinajstić information content (AvgIpc) is 2.93. The maximum absolute atomic E-state index is 4.07. The Balaban J connectivity index is -0.000000175. The van der Waals surface area contributed by atoms with Crippen molar-refractivity contribution >= 4 is 10.9 Å². The van der Waals surface area contributed by atoms with Crippen LogP contribution in [-0.4, -0.2) is 9.97 Å². The first-order chi connectivity index (χ1) is 16.7. The molecule has 0 saturated heterocycles. The van der Waals surface area contributed by atoms with Crippen LogP contribution in [0.5, 0.6) is 0 Å². The van der Waals surface area contributed by atoms with Gasteiger partial charge in [-0.2, -0.15) is 0 Å². The normalized spacial score (nSPS) is 8.26. The van der Waals surface area contributed by atoms with Gasteiger partial charge in [0.25, 0.3) is 0 Å². The van der Waals surface area contributed by atoms with Crippen LogP contribution in [0.4, 0.5) is 0 Å². The quantitative estimate of drug-likeness (QED) is 0.370. The van der Waals surface area contributed by atoms with E-state index in [-0.39, 0.29) is 0 Å².